The average Bonchev–Trinajstić information content (AvgIpc) is 3.01. The van der Waals surface area contributed by atoms with E-state index in [4.69, 9.17) is 0 Å². The van der Waals surface area contributed by atoms with E-state index in [1.807, 2.05) is 6.07 Å². The van der Waals surface area contributed by atoms with Gasteiger partial charge in [0, 0.05) is 19.1 Å². The Morgan fingerprint density at radius 1 is 1.31 bits per heavy atom. The van der Waals surface area contributed by atoms with Crippen molar-refractivity contribution >= 4 is 15.9 Å². The van der Waals surface area contributed by atoms with Crippen LogP contribution in [0.25, 0.3) is 0 Å². The lowest BCUT2D eigenvalue weighted by atomic mass is 9.69. The molecule has 0 aromatic heterocycles. The molecule has 1 heterocycles. The van der Waals surface area contributed by atoms with E-state index in [9.17, 15) is 17.6 Å². The van der Waals surface area contributed by atoms with Gasteiger partial charge in [-0.25, -0.2) is 17.5 Å². The first kappa shape index (κ1) is 19.3. The summed E-state index contributed by atoms with van der Waals surface area (Å²) in [6, 6.07) is 6.28. The van der Waals surface area contributed by atoms with Crippen molar-refractivity contribution in [2.45, 2.75) is 51.0 Å². The molecule has 0 radical (unpaired) electrons. The number of benzene rings is 1. The Kier molecular flexibility index (Phi) is 5.67. The first-order valence-electron chi connectivity index (χ1n) is 9.29. The second-order valence-electron chi connectivity index (χ2n) is 7.77. The first-order valence-corrected chi connectivity index (χ1v) is 11.2. The third-order valence-electron chi connectivity index (χ3n) is 5.55. The number of hydrogen-bond donors (Lipinski definition) is 1. The van der Waals surface area contributed by atoms with Crippen molar-refractivity contribution in [1.29, 1.82) is 0 Å². The third-order valence-corrected chi connectivity index (χ3v) is 6.31. The van der Waals surface area contributed by atoms with Gasteiger partial charge in [0.2, 0.25) is 15.9 Å². The zero-order chi connectivity index (χ0) is 18.8. The molecule has 0 spiro atoms. The Hall–Kier alpha value is -1.47. The van der Waals surface area contributed by atoms with Crippen LogP contribution in [0.2, 0.25) is 0 Å². The molecule has 1 aliphatic carbocycles. The summed E-state index contributed by atoms with van der Waals surface area (Å²) < 4.78 is 39.1. The van der Waals surface area contributed by atoms with Gasteiger partial charge in [-0.05, 0) is 43.4 Å². The number of sulfonamides is 1. The van der Waals surface area contributed by atoms with E-state index in [-0.39, 0.29) is 17.8 Å². The molecule has 26 heavy (non-hydrogen) atoms. The summed E-state index contributed by atoms with van der Waals surface area (Å²) in [6.45, 7) is 0.980. The Bertz CT molecular complexity index is 760. The highest BCUT2D eigenvalue weighted by Gasteiger charge is 2.43. The van der Waals surface area contributed by atoms with Crippen LogP contribution in [0.15, 0.2) is 24.3 Å². The van der Waals surface area contributed by atoms with Crippen LogP contribution < -0.4 is 4.72 Å². The molecular formula is C19H27FN2O3S. The number of hydrogen-bond acceptors (Lipinski definition) is 3. The third kappa shape index (κ3) is 4.62. The number of rotatable bonds is 5. The van der Waals surface area contributed by atoms with E-state index < -0.39 is 15.4 Å². The van der Waals surface area contributed by atoms with Crippen LogP contribution >= 0.6 is 0 Å². The quantitative estimate of drug-likeness (QED) is 0.851. The molecule has 1 aromatic carbocycles. The minimum Gasteiger partial charge on any atom is -0.341 e. The van der Waals surface area contributed by atoms with Crippen LogP contribution in [-0.4, -0.2) is 44.6 Å². The van der Waals surface area contributed by atoms with Gasteiger partial charge in [-0.3, -0.25) is 4.79 Å². The fourth-order valence-electron chi connectivity index (χ4n) is 4.41. The van der Waals surface area contributed by atoms with Crippen molar-refractivity contribution in [3.8, 4) is 0 Å². The number of halogens is 1. The van der Waals surface area contributed by atoms with Crippen molar-refractivity contribution < 1.29 is 17.6 Å². The van der Waals surface area contributed by atoms with Crippen LogP contribution in [0.3, 0.4) is 0 Å². The van der Waals surface area contributed by atoms with Crippen LogP contribution in [-0.2, 0) is 21.2 Å². The standard InChI is InChI=1S/C19H27FN2O3S/c1-26(24,25)21-17-8-11-22(14-17)18(23)19(9-3-2-4-10-19)13-15-6-5-7-16(20)12-15/h5-7,12,17,21H,2-4,8-11,13-14H2,1H3/t17-/m0/s1. The van der Waals surface area contributed by atoms with Crippen LogP contribution in [0.4, 0.5) is 4.39 Å². The number of carbonyl (C=O) groups excluding carboxylic acids is 1. The van der Waals surface area contributed by atoms with Crippen molar-refractivity contribution in [2.24, 2.45) is 5.41 Å². The number of nitrogens with zero attached hydrogens (tertiary/aromatic N) is 1. The van der Waals surface area contributed by atoms with Gasteiger partial charge in [-0.1, -0.05) is 31.4 Å². The lowest BCUT2D eigenvalue weighted by Crippen LogP contribution is -2.47. The molecule has 0 bridgehead atoms. The number of carbonyl (C=O) groups is 1. The molecule has 144 valence electrons. The monoisotopic (exact) mass is 382 g/mol. The maximum Gasteiger partial charge on any atom is 0.229 e. The minimum absolute atomic E-state index is 0.0965. The van der Waals surface area contributed by atoms with Crippen molar-refractivity contribution in [3.05, 3.63) is 35.6 Å². The highest BCUT2D eigenvalue weighted by molar-refractivity contribution is 7.88. The largest absolute Gasteiger partial charge is 0.341 e. The highest BCUT2D eigenvalue weighted by Crippen LogP contribution is 2.41. The Morgan fingerprint density at radius 3 is 2.69 bits per heavy atom. The van der Waals surface area contributed by atoms with E-state index in [1.165, 1.54) is 12.1 Å². The topological polar surface area (TPSA) is 66.5 Å². The lowest BCUT2D eigenvalue weighted by Gasteiger charge is -2.39. The van der Waals surface area contributed by atoms with Gasteiger partial charge in [0.25, 0.3) is 0 Å². The molecule has 2 aliphatic rings. The summed E-state index contributed by atoms with van der Waals surface area (Å²) >= 11 is 0. The molecule has 7 heteroatoms. The summed E-state index contributed by atoms with van der Waals surface area (Å²) in [4.78, 5) is 15.2. The molecule has 5 nitrogen and oxygen atoms in total. The maximum absolute atomic E-state index is 13.6. The summed E-state index contributed by atoms with van der Waals surface area (Å²) in [6.07, 6.45) is 7.06. The van der Waals surface area contributed by atoms with E-state index >= 15 is 0 Å². The summed E-state index contributed by atoms with van der Waals surface area (Å²) in [5.41, 5.74) is 0.358. The number of amides is 1. The van der Waals surface area contributed by atoms with Crippen LogP contribution in [0, 0.1) is 11.2 Å². The predicted octanol–water partition coefficient (Wildman–Crippen LogP) is 2.47. The molecule has 1 saturated carbocycles. The maximum atomic E-state index is 13.6. The molecule has 1 atom stereocenters. The van der Waals surface area contributed by atoms with Gasteiger partial charge in [-0.2, -0.15) is 0 Å². The van der Waals surface area contributed by atoms with E-state index in [0.29, 0.717) is 25.9 Å². The number of nitrogens with one attached hydrogen (secondary N) is 1. The molecule has 1 aliphatic heterocycles. The van der Waals surface area contributed by atoms with Gasteiger partial charge < -0.3 is 4.90 Å². The SMILES string of the molecule is CS(=O)(=O)N[C@H]1CCN(C(=O)C2(Cc3cccc(F)c3)CCCCC2)C1. The normalized spacial score (nSPS) is 23.2. The van der Waals surface area contributed by atoms with Gasteiger partial charge in [0.15, 0.2) is 0 Å². The van der Waals surface area contributed by atoms with Gasteiger partial charge in [-0.15, -0.1) is 0 Å². The van der Waals surface area contributed by atoms with Gasteiger partial charge >= 0.3 is 0 Å². The van der Waals surface area contributed by atoms with Gasteiger partial charge in [0.05, 0.1) is 11.7 Å². The molecule has 2 fully saturated rings. The van der Waals surface area contributed by atoms with Crippen molar-refractivity contribution in [1.82, 2.24) is 9.62 Å². The Labute approximate surface area is 155 Å². The van der Waals surface area contributed by atoms with Crippen LogP contribution in [0.5, 0.6) is 0 Å². The van der Waals surface area contributed by atoms with E-state index in [2.05, 4.69) is 4.72 Å². The molecule has 1 N–H and O–H groups in total. The lowest BCUT2D eigenvalue weighted by molar-refractivity contribution is -0.143. The molecule has 1 saturated heterocycles. The fraction of sp³-hybridized carbons (Fsp3) is 0.632. The summed E-state index contributed by atoms with van der Waals surface area (Å²) in [7, 11) is -3.28. The van der Waals surface area contributed by atoms with Gasteiger partial charge in [0.1, 0.15) is 5.82 Å². The average molecular weight is 383 g/mol. The first-order chi connectivity index (χ1) is 12.3. The number of likely N-dealkylation sites (tertiary alicyclic amines) is 1. The van der Waals surface area contributed by atoms with E-state index in [0.717, 1.165) is 43.9 Å². The fourth-order valence-corrected chi connectivity index (χ4v) is 5.21. The summed E-state index contributed by atoms with van der Waals surface area (Å²) in [5.74, 6) is -0.182. The van der Waals surface area contributed by atoms with E-state index in [1.54, 1.807) is 11.0 Å². The van der Waals surface area contributed by atoms with Crippen LogP contribution in [0.1, 0.15) is 44.1 Å². The second kappa shape index (κ2) is 7.64. The molecule has 3 rings (SSSR count). The zero-order valence-electron chi connectivity index (χ0n) is 15.2. The Morgan fingerprint density at radius 2 is 2.04 bits per heavy atom. The molecule has 0 unspecified atom stereocenters. The van der Waals surface area contributed by atoms with Crippen molar-refractivity contribution in [2.75, 3.05) is 19.3 Å². The molecular weight excluding hydrogens is 355 g/mol. The smallest absolute Gasteiger partial charge is 0.229 e. The van der Waals surface area contributed by atoms with Crippen molar-refractivity contribution in [3.63, 3.8) is 0 Å². The second-order valence-corrected chi connectivity index (χ2v) is 9.55. The molecule has 1 amide bonds. The Balaban J connectivity index is 1.76. The highest BCUT2D eigenvalue weighted by atomic mass is 32.2. The molecule has 1 aromatic rings. The minimum atomic E-state index is -3.28. The zero-order valence-corrected chi connectivity index (χ0v) is 16.0. The predicted molar refractivity (Wildman–Crippen MR) is 98.6 cm³/mol. The summed E-state index contributed by atoms with van der Waals surface area (Å²) in [5, 5.41) is 0.